The highest BCUT2D eigenvalue weighted by Crippen LogP contribution is 2.08. The zero-order valence-corrected chi connectivity index (χ0v) is 11.9. The first kappa shape index (κ1) is 16.1. The van der Waals surface area contributed by atoms with E-state index in [1.54, 1.807) is 0 Å². The predicted octanol–water partition coefficient (Wildman–Crippen LogP) is 1.47. The molecule has 1 amide bonds. The van der Waals surface area contributed by atoms with Crippen molar-refractivity contribution < 1.29 is 19.4 Å². The van der Waals surface area contributed by atoms with Gasteiger partial charge in [-0.05, 0) is 32.9 Å². The summed E-state index contributed by atoms with van der Waals surface area (Å²) in [7, 11) is 0. The van der Waals surface area contributed by atoms with E-state index in [0.717, 1.165) is 0 Å². The largest absolute Gasteiger partial charge is 0.480 e. The molecular formula is C14H20N2O4. The van der Waals surface area contributed by atoms with Crippen molar-refractivity contribution in [3.8, 4) is 0 Å². The molecule has 0 aromatic carbocycles. The van der Waals surface area contributed by atoms with E-state index in [9.17, 15) is 9.59 Å². The van der Waals surface area contributed by atoms with E-state index in [-0.39, 0.29) is 18.6 Å². The van der Waals surface area contributed by atoms with E-state index in [1.807, 2.05) is 20.8 Å². The van der Waals surface area contributed by atoms with Crippen LogP contribution in [0.1, 0.15) is 37.6 Å². The van der Waals surface area contributed by atoms with Crippen molar-refractivity contribution in [3.63, 3.8) is 0 Å². The van der Waals surface area contributed by atoms with Gasteiger partial charge in [-0.2, -0.15) is 0 Å². The summed E-state index contributed by atoms with van der Waals surface area (Å²) in [5.74, 6) is -1.51. The highest BCUT2D eigenvalue weighted by atomic mass is 16.5. The predicted molar refractivity (Wildman–Crippen MR) is 73.4 cm³/mol. The first-order valence-electron chi connectivity index (χ1n) is 6.37. The van der Waals surface area contributed by atoms with E-state index in [2.05, 4.69) is 10.3 Å². The van der Waals surface area contributed by atoms with Gasteiger partial charge in [0.05, 0.1) is 5.60 Å². The Balaban J connectivity index is 2.55. The molecule has 0 bridgehead atoms. The summed E-state index contributed by atoms with van der Waals surface area (Å²) in [6.07, 6.45) is 3.17. The van der Waals surface area contributed by atoms with Crippen LogP contribution in [0.4, 0.5) is 0 Å². The van der Waals surface area contributed by atoms with Crippen LogP contribution in [0.2, 0.25) is 0 Å². The number of carbonyl (C=O) groups is 2. The molecule has 1 rings (SSSR count). The van der Waals surface area contributed by atoms with Gasteiger partial charge < -0.3 is 15.2 Å². The molecule has 2 N–H and O–H groups in total. The molecule has 20 heavy (non-hydrogen) atoms. The zero-order valence-electron chi connectivity index (χ0n) is 11.9. The van der Waals surface area contributed by atoms with Gasteiger partial charge in [-0.3, -0.25) is 9.78 Å². The second-order valence-electron chi connectivity index (χ2n) is 5.35. The van der Waals surface area contributed by atoms with Crippen LogP contribution in [0.5, 0.6) is 0 Å². The Labute approximate surface area is 118 Å². The van der Waals surface area contributed by atoms with Gasteiger partial charge in [0.1, 0.15) is 6.04 Å². The normalized spacial score (nSPS) is 12.8. The first-order valence-corrected chi connectivity index (χ1v) is 6.37. The fourth-order valence-corrected chi connectivity index (χ4v) is 1.49. The lowest BCUT2D eigenvalue weighted by Crippen LogP contribution is -2.42. The summed E-state index contributed by atoms with van der Waals surface area (Å²) in [5.41, 5.74) is 0.0426. The molecule has 0 saturated carbocycles. The average Bonchev–Trinajstić information content (AvgIpc) is 2.37. The SMILES string of the molecule is CC(C)(C)OCCC(NC(=O)c1ccncc1)C(=O)O. The molecule has 1 heterocycles. The summed E-state index contributed by atoms with van der Waals surface area (Å²) in [6, 6.07) is 2.08. The fourth-order valence-electron chi connectivity index (χ4n) is 1.49. The van der Waals surface area contributed by atoms with Crippen molar-refractivity contribution in [3.05, 3.63) is 30.1 Å². The van der Waals surface area contributed by atoms with Gasteiger partial charge in [0.15, 0.2) is 0 Å². The lowest BCUT2D eigenvalue weighted by atomic mass is 10.1. The minimum absolute atomic E-state index is 0.212. The second kappa shape index (κ2) is 7.00. The smallest absolute Gasteiger partial charge is 0.326 e. The van der Waals surface area contributed by atoms with Gasteiger partial charge in [-0.25, -0.2) is 4.79 Å². The quantitative estimate of drug-likeness (QED) is 0.823. The molecule has 6 heteroatoms. The van der Waals surface area contributed by atoms with E-state index < -0.39 is 17.9 Å². The van der Waals surface area contributed by atoms with E-state index in [4.69, 9.17) is 9.84 Å². The number of hydrogen-bond donors (Lipinski definition) is 2. The molecule has 0 aliphatic rings. The summed E-state index contributed by atoms with van der Waals surface area (Å²) in [4.78, 5) is 26.8. The van der Waals surface area contributed by atoms with Crippen LogP contribution < -0.4 is 5.32 Å². The van der Waals surface area contributed by atoms with Crippen LogP contribution in [0.25, 0.3) is 0 Å². The highest BCUT2D eigenvalue weighted by molar-refractivity contribution is 5.96. The van der Waals surface area contributed by atoms with Crippen molar-refractivity contribution in [1.29, 1.82) is 0 Å². The molecular weight excluding hydrogens is 260 g/mol. The number of rotatable bonds is 6. The highest BCUT2D eigenvalue weighted by Gasteiger charge is 2.21. The number of ether oxygens (including phenoxy) is 1. The van der Waals surface area contributed by atoms with Gasteiger partial charge >= 0.3 is 5.97 Å². The molecule has 110 valence electrons. The van der Waals surface area contributed by atoms with Crippen molar-refractivity contribution in [2.75, 3.05) is 6.61 Å². The van der Waals surface area contributed by atoms with Crippen molar-refractivity contribution >= 4 is 11.9 Å². The first-order chi connectivity index (χ1) is 9.29. The van der Waals surface area contributed by atoms with Crippen LogP contribution in [0, 0.1) is 0 Å². The van der Waals surface area contributed by atoms with Crippen LogP contribution >= 0.6 is 0 Å². The van der Waals surface area contributed by atoms with Crippen molar-refractivity contribution in [1.82, 2.24) is 10.3 Å². The number of pyridine rings is 1. The van der Waals surface area contributed by atoms with Gasteiger partial charge in [-0.15, -0.1) is 0 Å². The number of nitrogens with one attached hydrogen (secondary N) is 1. The topological polar surface area (TPSA) is 88.5 Å². The Morgan fingerprint density at radius 2 is 1.95 bits per heavy atom. The molecule has 6 nitrogen and oxygen atoms in total. The Morgan fingerprint density at radius 1 is 1.35 bits per heavy atom. The molecule has 0 aliphatic carbocycles. The Morgan fingerprint density at radius 3 is 2.45 bits per heavy atom. The van der Waals surface area contributed by atoms with Gasteiger partial charge in [0.25, 0.3) is 5.91 Å². The number of carbonyl (C=O) groups excluding carboxylic acids is 1. The third kappa shape index (κ3) is 5.79. The standard InChI is InChI=1S/C14H20N2O4/c1-14(2,3)20-9-6-11(13(18)19)16-12(17)10-4-7-15-8-5-10/h4-5,7-8,11H,6,9H2,1-3H3,(H,16,17)(H,18,19). The van der Waals surface area contributed by atoms with Gasteiger partial charge in [0.2, 0.25) is 0 Å². The second-order valence-corrected chi connectivity index (χ2v) is 5.35. The zero-order chi connectivity index (χ0) is 15.2. The van der Waals surface area contributed by atoms with Crippen molar-refractivity contribution in [2.24, 2.45) is 0 Å². The van der Waals surface area contributed by atoms with Gasteiger partial charge in [0, 0.05) is 31.0 Å². The van der Waals surface area contributed by atoms with Gasteiger partial charge in [-0.1, -0.05) is 0 Å². The van der Waals surface area contributed by atoms with E-state index >= 15 is 0 Å². The Bertz CT molecular complexity index is 454. The number of nitrogens with zero attached hydrogens (tertiary/aromatic N) is 1. The minimum Gasteiger partial charge on any atom is -0.480 e. The molecule has 0 fully saturated rings. The van der Waals surface area contributed by atoms with Crippen LogP contribution in [0.3, 0.4) is 0 Å². The third-order valence-corrected chi connectivity index (χ3v) is 2.49. The summed E-state index contributed by atoms with van der Waals surface area (Å²) in [6.45, 7) is 5.92. The maximum absolute atomic E-state index is 11.9. The summed E-state index contributed by atoms with van der Waals surface area (Å²) in [5, 5.41) is 11.6. The molecule has 1 aromatic heterocycles. The summed E-state index contributed by atoms with van der Waals surface area (Å²) >= 11 is 0. The van der Waals surface area contributed by atoms with E-state index in [0.29, 0.717) is 5.56 Å². The number of aliphatic carboxylic acids is 1. The van der Waals surface area contributed by atoms with E-state index in [1.165, 1.54) is 24.5 Å². The molecule has 1 atom stereocenters. The minimum atomic E-state index is -1.08. The number of carboxylic acids is 1. The number of carboxylic acid groups (broad SMARTS) is 1. The van der Waals surface area contributed by atoms with Crippen LogP contribution in [0.15, 0.2) is 24.5 Å². The molecule has 0 aliphatic heterocycles. The molecule has 0 saturated heterocycles. The average molecular weight is 280 g/mol. The van der Waals surface area contributed by atoms with Crippen LogP contribution in [-0.4, -0.2) is 40.2 Å². The third-order valence-electron chi connectivity index (χ3n) is 2.49. The lowest BCUT2D eigenvalue weighted by molar-refractivity contribution is -0.140. The lowest BCUT2D eigenvalue weighted by Gasteiger charge is -2.21. The van der Waals surface area contributed by atoms with Crippen LogP contribution in [-0.2, 0) is 9.53 Å². The Hall–Kier alpha value is -1.95. The number of aromatic nitrogens is 1. The van der Waals surface area contributed by atoms with Crippen molar-refractivity contribution in [2.45, 2.75) is 38.8 Å². The Kier molecular flexibility index (Phi) is 5.64. The monoisotopic (exact) mass is 280 g/mol. The maximum atomic E-state index is 11.9. The summed E-state index contributed by atoms with van der Waals surface area (Å²) < 4.78 is 5.47. The number of hydrogen-bond acceptors (Lipinski definition) is 4. The maximum Gasteiger partial charge on any atom is 0.326 e. The molecule has 1 aromatic rings. The number of amides is 1. The molecule has 0 spiro atoms. The fraction of sp³-hybridized carbons (Fsp3) is 0.500. The molecule has 0 radical (unpaired) electrons. The molecule has 1 unspecified atom stereocenters.